The number of unbranched alkanes of at least 4 members (excludes halogenated alkanes) is 2. The molecule has 0 aromatic rings. The van der Waals surface area contributed by atoms with Crippen LogP contribution in [0.25, 0.3) is 0 Å². The van der Waals surface area contributed by atoms with E-state index in [4.69, 9.17) is 9.84 Å². The summed E-state index contributed by atoms with van der Waals surface area (Å²) >= 11 is 3.44. The number of carbonyl (C=O) groups is 2. The first-order valence-corrected chi connectivity index (χ1v) is 7.18. The lowest BCUT2D eigenvalue weighted by atomic mass is 10.1. The molecule has 1 unspecified atom stereocenters. The maximum Gasteiger partial charge on any atom is 0.303 e. The van der Waals surface area contributed by atoms with E-state index < -0.39 is 6.10 Å². The molecule has 4 nitrogen and oxygen atoms in total. The largest absolute Gasteiger partial charge is 0.458 e. The molecule has 0 bridgehead atoms. The molecule has 0 radical (unpaired) electrons. The standard InChI is InChI=1S/C14H19BrO4/c1-10(17)19-13-8-11(14(18)9-13)7-12(15)5-3-2-4-6-16/h5,8,13,16H,2-4,6-7,9H2,1H3. The predicted octanol–water partition coefficient (Wildman–Crippen LogP) is 2.65. The number of aliphatic hydroxyl groups is 1. The van der Waals surface area contributed by atoms with Crippen LogP contribution < -0.4 is 0 Å². The van der Waals surface area contributed by atoms with Crippen molar-refractivity contribution in [2.75, 3.05) is 6.61 Å². The maximum absolute atomic E-state index is 11.7. The first-order valence-electron chi connectivity index (χ1n) is 6.39. The highest BCUT2D eigenvalue weighted by Crippen LogP contribution is 2.26. The lowest BCUT2D eigenvalue weighted by Crippen LogP contribution is -2.12. The number of allylic oxidation sites excluding steroid dienone is 3. The highest BCUT2D eigenvalue weighted by molar-refractivity contribution is 9.11. The summed E-state index contributed by atoms with van der Waals surface area (Å²) in [7, 11) is 0. The molecule has 0 aromatic heterocycles. The van der Waals surface area contributed by atoms with Crippen LogP contribution in [0.15, 0.2) is 22.2 Å². The summed E-state index contributed by atoms with van der Waals surface area (Å²) in [5, 5.41) is 8.67. The van der Waals surface area contributed by atoms with Crippen molar-refractivity contribution < 1.29 is 19.4 Å². The summed E-state index contributed by atoms with van der Waals surface area (Å²) in [6.07, 6.45) is 6.71. The van der Waals surface area contributed by atoms with Gasteiger partial charge in [-0.1, -0.05) is 22.0 Å². The molecule has 0 saturated carbocycles. The van der Waals surface area contributed by atoms with E-state index in [1.54, 1.807) is 6.08 Å². The fourth-order valence-electron chi connectivity index (χ4n) is 1.91. The zero-order chi connectivity index (χ0) is 14.3. The van der Waals surface area contributed by atoms with Gasteiger partial charge in [0.05, 0.1) is 6.42 Å². The first kappa shape index (κ1) is 16.1. The molecule has 0 saturated heterocycles. The van der Waals surface area contributed by atoms with Crippen molar-refractivity contribution in [2.24, 2.45) is 0 Å². The minimum Gasteiger partial charge on any atom is -0.458 e. The number of esters is 1. The lowest BCUT2D eigenvalue weighted by molar-refractivity contribution is -0.144. The van der Waals surface area contributed by atoms with Crippen LogP contribution in [0.4, 0.5) is 0 Å². The van der Waals surface area contributed by atoms with Crippen molar-refractivity contribution >= 4 is 27.7 Å². The minimum absolute atomic E-state index is 0.0342. The van der Waals surface area contributed by atoms with Crippen LogP contribution in [0.5, 0.6) is 0 Å². The fourth-order valence-corrected chi connectivity index (χ4v) is 2.44. The van der Waals surface area contributed by atoms with Gasteiger partial charge < -0.3 is 9.84 Å². The molecule has 1 aliphatic carbocycles. The Hall–Kier alpha value is -0.940. The van der Waals surface area contributed by atoms with Gasteiger partial charge in [0.25, 0.3) is 0 Å². The van der Waals surface area contributed by atoms with E-state index in [9.17, 15) is 9.59 Å². The summed E-state index contributed by atoms with van der Waals surface area (Å²) in [6.45, 7) is 1.55. The molecule has 5 heteroatoms. The van der Waals surface area contributed by atoms with Crippen LogP contribution in [0.2, 0.25) is 0 Å². The number of halogens is 1. The van der Waals surface area contributed by atoms with Crippen LogP contribution >= 0.6 is 15.9 Å². The third-order valence-electron chi connectivity index (χ3n) is 2.79. The van der Waals surface area contributed by atoms with Gasteiger partial charge in [-0.25, -0.2) is 0 Å². The summed E-state index contributed by atoms with van der Waals surface area (Å²) in [5.74, 6) is -0.333. The van der Waals surface area contributed by atoms with Crippen LogP contribution in [0.1, 0.15) is 39.0 Å². The summed E-state index contributed by atoms with van der Waals surface area (Å²) in [4.78, 5) is 22.6. The molecule has 19 heavy (non-hydrogen) atoms. The lowest BCUT2D eigenvalue weighted by Gasteiger charge is -2.05. The topological polar surface area (TPSA) is 63.6 Å². The first-order chi connectivity index (χ1) is 9.02. The molecule has 106 valence electrons. The number of carbonyl (C=O) groups excluding carboxylic acids is 2. The van der Waals surface area contributed by atoms with Crippen LogP contribution in [-0.4, -0.2) is 29.6 Å². The van der Waals surface area contributed by atoms with Crippen molar-refractivity contribution in [2.45, 2.75) is 45.1 Å². The van der Waals surface area contributed by atoms with Gasteiger partial charge in [0, 0.05) is 20.0 Å². The smallest absolute Gasteiger partial charge is 0.303 e. The van der Waals surface area contributed by atoms with Crippen molar-refractivity contribution in [1.29, 1.82) is 0 Å². The Morgan fingerprint density at radius 1 is 1.58 bits per heavy atom. The number of hydrogen-bond donors (Lipinski definition) is 1. The van der Waals surface area contributed by atoms with Gasteiger partial charge in [-0.3, -0.25) is 9.59 Å². The molecule has 0 fully saturated rings. The number of ketones is 1. The summed E-state index contributed by atoms with van der Waals surface area (Å²) in [6, 6.07) is 0. The minimum atomic E-state index is -0.408. The van der Waals surface area contributed by atoms with Gasteiger partial charge in [-0.2, -0.15) is 0 Å². The number of aliphatic hydroxyl groups excluding tert-OH is 1. The second-order valence-electron chi connectivity index (χ2n) is 4.51. The molecular weight excluding hydrogens is 312 g/mol. The number of ether oxygens (including phenoxy) is 1. The third-order valence-corrected chi connectivity index (χ3v) is 3.39. The number of Topliss-reactive ketones (excluding diaryl/α,β-unsaturated/α-hetero) is 1. The third kappa shape index (κ3) is 6.16. The second kappa shape index (κ2) is 8.27. The SMILES string of the molecule is CC(=O)OC1C=C(CC(Br)=CCCCCO)C(=O)C1. The molecule has 1 aliphatic rings. The Kier molecular flexibility index (Phi) is 7.02. The van der Waals surface area contributed by atoms with E-state index in [0.29, 0.717) is 12.0 Å². The highest BCUT2D eigenvalue weighted by atomic mass is 79.9. The van der Waals surface area contributed by atoms with Gasteiger partial charge in [0.15, 0.2) is 5.78 Å². The second-order valence-corrected chi connectivity index (χ2v) is 5.53. The molecule has 1 rings (SSSR count). The molecule has 0 aliphatic heterocycles. The molecule has 0 amide bonds. The highest BCUT2D eigenvalue weighted by Gasteiger charge is 2.25. The Balaban J connectivity index is 2.46. The molecular formula is C14H19BrO4. The molecule has 0 spiro atoms. The number of hydrogen-bond acceptors (Lipinski definition) is 4. The quantitative estimate of drug-likeness (QED) is 0.575. The van der Waals surface area contributed by atoms with Gasteiger partial charge >= 0.3 is 5.97 Å². The number of rotatable bonds is 7. The average molecular weight is 331 g/mol. The van der Waals surface area contributed by atoms with Crippen molar-refractivity contribution in [1.82, 2.24) is 0 Å². The van der Waals surface area contributed by atoms with Crippen molar-refractivity contribution in [3.05, 3.63) is 22.2 Å². The van der Waals surface area contributed by atoms with E-state index in [-0.39, 0.29) is 24.8 Å². The maximum atomic E-state index is 11.7. The van der Waals surface area contributed by atoms with Crippen LogP contribution in [0, 0.1) is 0 Å². The van der Waals surface area contributed by atoms with E-state index in [1.807, 2.05) is 6.08 Å². The van der Waals surface area contributed by atoms with Crippen LogP contribution in [0.3, 0.4) is 0 Å². The van der Waals surface area contributed by atoms with Gasteiger partial charge in [0.1, 0.15) is 6.10 Å². The Bertz CT molecular complexity index is 398. The van der Waals surface area contributed by atoms with E-state index in [0.717, 1.165) is 23.7 Å². The zero-order valence-electron chi connectivity index (χ0n) is 11.0. The average Bonchev–Trinajstić information content (AvgIpc) is 2.64. The van der Waals surface area contributed by atoms with Crippen LogP contribution in [-0.2, 0) is 14.3 Å². The van der Waals surface area contributed by atoms with Gasteiger partial charge in [-0.15, -0.1) is 0 Å². The molecule has 1 N–H and O–H groups in total. The monoisotopic (exact) mass is 330 g/mol. The normalized spacial score (nSPS) is 19.5. The molecule has 1 atom stereocenters. The predicted molar refractivity (Wildman–Crippen MR) is 75.8 cm³/mol. The summed E-state index contributed by atoms with van der Waals surface area (Å²) in [5.41, 5.74) is 0.691. The Morgan fingerprint density at radius 3 is 2.95 bits per heavy atom. The fraction of sp³-hybridized carbons (Fsp3) is 0.571. The van der Waals surface area contributed by atoms with Gasteiger partial charge in [0.2, 0.25) is 0 Å². The Morgan fingerprint density at radius 2 is 2.32 bits per heavy atom. The van der Waals surface area contributed by atoms with Crippen molar-refractivity contribution in [3.8, 4) is 0 Å². The van der Waals surface area contributed by atoms with E-state index >= 15 is 0 Å². The van der Waals surface area contributed by atoms with E-state index in [1.165, 1.54) is 6.92 Å². The van der Waals surface area contributed by atoms with E-state index in [2.05, 4.69) is 15.9 Å². The summed E-state index contributed by atoms with van der Waals surface area (Å²) < 4.78 is 5.96. The zero-order valence-corrected chi connectivity index (χ0v) is 12.6. The van der Waals surface area contributed by atoms with Gasteiger partial charge in [-0.05, 0) is 35.4 Å². The molecule has 0 aromatic carbocycles. The van der Waals surface area contributed by atoms with Crippen molar-refractivity contribution in [3.63, 3.8) is 0 Å². The molecule has 0 heterocycles. The Labute approximate surface area is 121 Å².